The Morgan fingerprint density at radius 3 is 1.82 bits per heavy atom. The minimum Gasteiger partial charge on any atom is -0.387 e. The standard InChI is InChI=1S/C18H27N5O22P4/c19-15-6(3-20-17(29)22-15)14-12(27)10(25)7(41-14)4-39-46(31,32)43-48(35,36)45-49(37,38)44-47(33,34)40-5-8-11(26)13(28)16(42-8)23-2-1-9(24)21-18(23)30/h1-3,7-8,10-14,16,25-28H,4-5H2,(H,31,32)(H,33,34)(H,35,36)(H,37,38)(H,21,24,30)(H3,19,20,22,29)/t7-,8-,10-,11-,12-,13-,14-,16+/m1/s1. The molecule has 49 heavy (non-hydrogen) atoms. The van der Waals surface area contributed by atoms with Gasteiger partial charge in [0.1, 0.15) is 48.5 Å². The first-order valence-electron chi connectivity index (χ1n) is 12.9. The van der Waals surface area contributed by atoms with Gasteiger partial charge in [0.15, 0.2) is 6.23 Å². The van der Waals surface area contributed by atoms with Crippen molar-refractivity contribution in [2.75, 3.05) is 18.9 Å². The fraction of sp³-hybridized carbons (Fsp3) is 0.556. The number of anilines is 1. The molecule has 4 unspecified atom stereocenters. The van der Waals surface area contributed by atoms with Crippen LogP contribution in [0.2, 0.25) is 0 Å². The summed E-state index contributed by atoms with van der Waals surface area (Å²) in [6.07, 6.45) is -12.1. The molecule has 12 N–H and O–H groups in total. The highest BCUT2D eigenvalue weighted by Crippen LogP contribution is 2.71. The second-order valence-corrected chi connectivity index (χ2v) is 16.1. The number of aliphatic hydroxyl groups is 4. The second-order valence-electron chi connectivity index (χ2n) is 9.91. The minimum atomic E-state index is -6.23. The Morgan fingerprint density at radius 1 is 0.776 bits per heavy atom. The highest BCUT2D eigenvalue weighted by Gasteiger charge is 2.50. The Labute approximate surface area is 269 Å². The summed E-state index contributed by atoms with van der Waals surface area (Å²) in [4.78, 5) is 80.9. The van der Waals surface area contributed by atoms with Crippen LogP contribution in [0.5, 0.6) is 0 Å². The summed E-state index contributed by atoms with van der Waals surface area (Å²) in [5, 5.41) is 40.8. The van der Waals surface area contributed by atoms with E-state index in [0.717, 1.165) is 18.5 Å². The zero-order valence-electron chi connectivity index (χ0n) is 23.8. The number of aliphatic hydroxyl groups excluding tert-OH is 4. The minimum absolute atomic E-state index is 0.106. The molecule has 0 aliphatic carbocycles. The van der Waals surface area contributed by atoms with E-state index in [1.54, 1.807) is 0 Å². The normalized spacial score (nSPS) is 32.2. The molecule has 2 saturated heterocycles. The molecule has 31 heteroatoms. The van der Waals surface area contributed by atoms with Crippen molar-refractivity contribution in [2.24, 2.45) is 0 Å². The number of ether oxygens (including phenoxy) is 2. The monoisotopic (exact) mass is 789 g/mol. The van der Waals surface area contributed by atoms with Crippen molar-refractivity contribution >= 4 is 37.1 Å². The Bertz CT molecular complexity index is 1900. The van der Waals surface area contributed by atoms with Gasteiger partial charge < -0.3 is 55.2 Å². The Kier molecular flexibility index (Phi) is 11.9. The van der Waals surface area contributed by atoms with E-state index in [1.165, 1.54) is 0 Å². The molecule has 2 aliphatic heterocycles. The van der Waals surface area contributed by atoms with Crippen LogP contribution in [0.4, 0.5) is 5.82 Å². The van der Waals surface area contributed by atoms with E-state index in [9.17, 15) is 72.6 Å². The zero-order chi connectivity index (χ0) is 36.7. The Balaban J connectivity index is 1.30. The lowest BCUT2D eigenvalue weighted by atomic mass is 10.0. The van der Waals surface area contributed by atoms with E-state index in [2.05, 4.69) is 31.9 Å². The third-order valence-corrected chi connectivity index (χ3v) is 12.3. The number of nitrogen functional groups attached to an aromatic ring is 1. The van der Waals surface area contributed by atoms with Crippen molar-refractivity contribution < 1.29 is 89.7 Å². The highest BCUT2D eigenvalue weighted by atomic mass is 31.3. The van der Waals surface area contributed by atoms with Gasteiger partial charge in [0, 0.05) is 24.0 Å². The van der Waals surface area contributed by atoms with E-state index >= 15 is 0 Å². The molecule has 2 aliphatic rings. The maximum atomic E-state index is 12.3. The van der Waals surface area contributed by atoms with Gasteiger partial charge in [-0.3, -0.25) is 28.4 Å². The van der Waals surface area contributed by atoms with Gasteiger partial charge in [0.25, 0.3) is 5.56 Å². The molecule has 27 nitrogen and oxygen atoms in total. The fourth-order valence-corrected chi connectivity index (χ4v) is 9.27. The lowest BCUT2D eigenvalue weighted by Gasteiger charge is -2.21. The third-order valence-electron chi connectivity index (χ3n) is 6.43. The van der Waals surface area contributed by atoms with E-state index in [0.29, 0.717) is 4.57 Å². The van der Waals surface area contributed by atoms with E-state index in [4.69, 9.17) is 15.2 Å². The summed E-state index contributed by atoms with van der Waals surface area (Å²) in [6.45, 7) is -2.36. The van der Waals surface area contributed by atoms with Crippen LogP contribution in [0.15, 0.2) is 32.8 Å². The van der Waals surface area contributed by atoms with Gasteiger partial charge in [-0.2, -0.15) is 12.9 Å². The van der Waals surface area contributed by atoms with Crippen molar-refractivity contribution in [3.05, 3.63) is 55.3 Å². The summed E-state index contributed by atoms with van der Waals surface area (Å²) >= 11 is 0. The van der Waals surface area contributed by atoms with Crippen molar-refractivity contribution in [3.8, 4) is 0 Å². The van der Waals surface area contributed by atoms with Crippen LogP contribution >= 0.6 is 31.3 Å². The SMILES string of the molecule is Nc1[nH]c(=O)ncc1[C@H]1O[C@H](COP(=O)(O)OP(=O)(O)OP(=O)(O)OP(=O)(O)OC[C@H]2O[C@H](n3ccc(=O)[nH]c3=O)[C@H](O)[C@@H]2O)[C@@H](O)[C@H]1O. The maximum absolute atomic E-state index is 12.3. The van der Waals surface area contributed by atoms with Crippen LogP contribution in [-0.4, -0.2) is 109 Å². The topological polar surface area (TPSA) is 421 Å². The summed E-state index contributed by atoms with van der Waals surface area (Å²) in [6, 6.07) is 0.870. The quantitative estimate of drug-likeness (QED) is 0.0816. The van der Waals surface area contributed by atoms with Gasteiger partial charge in [0.2, 0.25) is 0 Å². The number of rotatable bonds is 14. The lowest BCUT2D eigenvalue weighted by molar-refractivity contribution is -0.0542. The van der Waals surface area contributed by atoms with Gasteiger partial charge >= 0.3 is 42.7 Å². The molecule has 0 amide bonds. The first kappa shape index (κ1) is 39.5. The third kappa shape index (κ3) is 9.93. The summed E-state index contributed by atoms with van der Waals surface area (Å²) < 4.78 is 80.2. The first-order chi connectivity index (χ1) is 22.5. The average molecular weight is 789 g/mol. The number of phosphoric ester groups is 2. The van der Waals surface area contributed by atoms with Crippen LogP contribution in [0.1, 0.15) is 17.9 Å². The number of H-pyrrole nitrogens is 2. The predicted octanol–water partition coefficient (Wildman–Crippen LogP) is -3.83. The molecule has 4 heterocycles. The first-order valence-corrected chi connectivity index (χ1v) is 18.9. The number of hydrogen-bond acceptors (Lipinski definition) is 20. The number of nitrogens with two attached hydrogens (primary N) is 1. The molecule has 0 aromatic carbocycles. The number of nitrogens with one attached hydrogen (secondary N) is 2. The second kappa shape index (κ2) is 14.7. The van der Waals surface area contributed by atoms with Crippen molar-refractivity contribution in [1.29, 1.82) is 0 Å². The summed E-state index contributed by atoms with van der Waals surface area (Å²) in [5.74, 6) is -0.307. The smallest absolute Gasteiger partial charge is 0.387 e. The van der Waals surface area contributed by atoms with E-state index in [1.807, 2.05) is 4.98 Å². The van der Waals surface area contributed by atoms with Crippen LogP contribution in [0.3, 0.4) is 0 Å². The molecule has 0 spiro atoms. The molecule has 12 atom stereocenters. The maximum Gasteiger partial charge on any atom is 0.490 e. The molecule has 276 valence electrons. The molecular weight excluding hydrogens is 762 g/mol. The van der Waals surface area contributed by atoms with E-state index in [-0.39, 0.29) is 11.4 Å². The number of aromatic nitrogens is 4. The van der Waals surface area contributed by atoms with E-state index < -0.39 is 110 Å². The molecule has 2 fully saturated rings. The fourth-order valence-electron chi connectivity index (χ4n) is 4.32. The van der Waals surface area contributed by atoms with Gasteiger partial charge in [0.05, 0.1) is 13.2 Å². The Morgan fingerprint density at radius 2 is 1.29 bits per heavy atom. The van der Waals surface area contributed by atoms with Crippen molar-refractivity contribution in [2.45, 2.75) is 49.0 Å². The molecule has 0 radical (unpaired) electrons. The van der Waals surface area contributed by atoms with Crippen LogP contribution < -0.4 is 22.7 Å². The van der Waals surface area contributed by atoms with Crippen LogP contribution in [0.25, 0.3) is 0 Å². The molecule has 4 rings (SSSR count). The highest BCUT2D eigenvalue weighted by molar-refractivity contribution is 7.69. The molecule has 2 aromatic rings. The van der Waals surface area contributed by atoms with Crippen molar-refractivity contribution in [3.63, 3.8) is 0 Å². The van der Waals surface area contributed by atoms with Crippen molar-refractivity contribution in [1.82, 2.24) is 19.5 Å². The molecule has 0 bridgehead atoms. The summed E-state index contributed by atoms with van der Waals surface area (Å²) in [7, 11) is -24.1. The van der Waals surface area contributed by atoms with Gasteiger partial charge in [-0.1, -0.05) is 0 Å². The molecule has 0 saturated carbocycles. The number of nitrogens with zero attached hydrogens (tertiary/aromatic N) is 2. The average Bonchev–Trinajstić information content (AvgIpc) is 3.38. The Hall–Kier alpha value is -2.32. The zero-order valence-corrected chi connectivity index (χ0v) is 27.4. The predicted molar refractivity (Wildman–Crippen MR) is 151 cm³/mol. The number of aromatic amines is 2. The number of hydrogen-bond donors (Lipinski definition) is 11. The van der Waals surface area contributed by atoms with Crippen LogP contribution in [-0.2, 0) is 49.7 Å². The lowest BCUT2D eigenvalue weighted by Crippen LogP contribution is -2.37. The number of phosphoric acid groups is 4. The molecule has 2 aromatic heterocycles. The summed E-state index contributed by atoms with van der Waals surface area (Å²) in [5.41, 5.74) is 2.79. The molecular formula is C18H27N5O22P4. The van der Waals surface area contributed by atoms with Gasteiger partial charge in [-0.15, -0.1) is 0 Å². The van der Waals surface area contributed by atoms with Crippen LogP contribution in [0, 0.1) is 0 Å². The van der Waals surface area contributed by atoms with Gasteiger partial charge in [-0.05, 0) is 0 Å². The van der Waals surface area contributed by atoms with Gasteiger partial charge in [-0.25, -0.2) is 32.8 Å². The largest absolute Gasteiger partial charge is 0.490 e.